The van der Waals surface area contributed by atoms with Crippen LogP contribution in [0.3, 0.4) is 0 Å². The summed E-state index contributed by atoms with van der Waals surface area (Å²) in [5.41, 5.74) is 0.393. The number of fused-ring (bicyclic) bond motifs is 1. The van der Waals surface area contributed by atoms with Crippen molar-refractivity contribution in [1.29, 1.82) is 5.26 Å². The van der Waals surface area contributed by atoms with Crippen LogP contribution in [-0.2, 0) is 35.8 Å². The van der Waals surface area contributed by atoms with Crippen LogP contribution in [0, 0.1) is 18.3 Å². The largest absolute Gasteiger partial charge is 0.463 e. The molecule has 0 saturated carbocycles. The Morgan fingerprint density at radius 3 is 2.73 bits per heavy atom. The molecule has 10 nitrogen and oxygen atoms in total. The zero-order chi connectivity index (χ0) is 23.6. The maximum Gasteiger partial charge on any atom is 0.310 e. The van der Waals surface area contributed by atoms with E-state index in [0.717, 1.165) is 5.56 Å². The van der Waals surface area contributed by atoms with Crippen molar-refractivity contribution in [3.63, 3.8) is 0 Å². The number of hydrogen-bond donors (Lipinski definition) is 1. The molecule has 0 spiro atoms. The summed E-state index contributed by atoms with van der Waals surface area (Å²) >= 11 is 0. The second-order valence-electron chi connectivity index (χ2n) is 7.73. The van der Waals surface area contributed by atoms with Gasteiger partial charge in [-0.05, 0) is 24.6 Å². The molecule has 2 aromatic heterocycles. The zero-order valence-corrected chi connectivity index (χ0v) is 18.0. The van der Waals surface area contributed by atoms with Crippen LogP contribution in [0.5, 0.6) is 0 Å². The monoisotopic (exact) mass is 450 g/mol. The second-order valence-corrected chi connectivity index (χ2v) is 7.73. The Hall–Kier alpha value is -3.81. The number of benzene rings is 1. The van der Waals surface area contributed by atoms with Gasteiger partial charge in [-0.15, -0.1) is 0 Å². The standard InChI is InChI=1S/C23H22N4O6/c1-14-17-8-9-19(27(17)26-13-25-14)23(12-24)22(30)21(32-15(2)28)18(33-23)11-31-20(29)10-16-6-4-3-5-7-16/h3-9,13,18,21-22,30H,10-11H2,1-2H3/t18-,21-,22-,23+/m1/s1. The number of nitriles is 1. The smallest absolute Gasteiger partial charge is 0.310 e. The normalized spacial score (nSPS) is 24.4. The van der Waals surface area contributed by atoms with E-state index in [-0.39, 0.29) is 18.7 Å². The van der Waals surface area contributed by atoms with Crippen LogP contribution in [0.4, 0.5) is 0 Å². The van der Waals surface area contributed by atoms with Crippen LogP contribution in [0.15, 0.2) is 48.8 Å². The average Bonchev–Trinajstić information content (AvgIpc) is 3.34. The molecule has 0 radical (unpaired) electrons. The summed E-state index contributed by atoms with van der Waals surface area (Å²) in [5, 5.41) is 25.4. The lowest BCUT2D eigenvalue weighted by Gasteiger charge is -2.24. The predicted molar refractivity (Wildman–Crippen MR) is 113 cm³/mol. The number of carbonyl (C=O) groups excluding carboxylic acids is 2. The Morgan fingerprint density at radius 1 is 1.27 bits per heavy atom. The van der Waals surface area contributed by atoms with E-state index < -0.39 is 35.9 Å². The van der Waals surface area contributed by atoms with Gasteiger partial charge in [0.15, 0.2) is 6.10 Å². The topological polar surface area (TPSA) is 136 Å². The highest BCUT2D eigenvalue weighted by Crippen LogP contribution is 2.41. The average molecular weight is 450 g/mol. The Bertz CT molecular complexity index is 1220. The summed E-state index contributed by atoms with van der Waals surface area (Å²) in [4.78, 5) is 28.1. The van der Waals surface area contributed by atoms with Gasteiger partial charge in [0.05, 0.1) is 23.3 Å². The first kappa shape index (κ1) is 22.4. The van der Waals surface area contributed by atoms with E-state index in [1.165, 1.54) is 17.8 Å². The fourth-order valence-corrected chi connectivity index (χ4v) is 3.96. The number of aryl methyl sites for hydroxylation is 1. The molecular weight excluding hydrogens is 428 g/mol. The second kappa shape index (κ2) is 8.97. The Labute approximate surface area is 189 Å². The maximum atomic E-state index is 12.3. The van der Waals surface area contributed by atoms with Crippen molar-refractivity contribution < 1.29 is 28.9 Å². The van der Waals surface area contributed by atoms with E-state index in [1.807, 2.05) is 24.3 Å². The Balaban J connectivity index is 1.60. The van der Waals surface area contributed by atoms with E-state index in [2.05, 4.69) is 10.1 Å². The van der Waals surface area contributed by atoms with Gasteiger partial charge in [-0.1, -0.05) is 30.3 Å². The highest BCUT2D eigenvalue weighted by Gasteiger charge is 2.59. The lowest BCUT2D eigenvalue weighted by Crippen LogP contribution is -2.43. The molecule has 0 unspecified atom stereocenters. The van der Waals surface area contributed by atoms with Gasteiger partial charge >= 0.3 is 11.9 Å². The van der Waals surface area contributed by atoms with Gasteiger partial charge < -0.3 is 19.3 Å². The summed E-state index contributed by atoms with van der Waals surface area (Å²) in [7, 11) is 0. The van der Waals surface area contributed by atoms with Gasteiger partial charge in [-0.2, -0.15) is 10.4 Å². The maximum absolute atomic E-state index is 12.3. The molecule has 1 aliphatic rings. The molecule has 33 heavy (non-hydrogen) atoms. The van der Waals surface area contributed by atoms with Crippen molar-refractivity contribution in [2.24, 2.45) is 0 Å². The molecule has 170 valence electrons. The summed E-state index contributed by atoms with van der Waals surface area (Å²) in [6, 6.07) is 14.4. The van der Waals surface area contributed by atoms with E-state index in [1.54, 1.807) is 31.2 Å². The molecule has 4 atom stereocenters. The van der Waals surface area contributed by atoms with Crippen LogP contribution < -0.4 is 0 Å². The highest BCUT2D eigenvalue weighted by molar-refractivity contribution is 5.72. The molecule has 4 rings (SSSR count). The van der Waals surface area contributed by atoms with Crippen molar-refractivity contribution >= 4 is 17.5 Å². The number of ether oxygens (including phenoxy) is 3. The van der Waals surface area contributed by atoms with Gasteiger partial charge in [-0.3, -0.25) is 9.59 Å². The SMILES string of the molecule is CC(=O)O[C@H]1[C@@H](O)[C@](C#N)(c2ccc3c(C)ncnn23)O[C@@H]1COC(=O)Cc1ccccc1. The lowest BCUT2D eigenvalue weighted by atomic mass is 9.92. The molecule has 0 aliphatic carbocycles. The third-order valence-electron chi connectivity index (χ3n) is 5.52. The van der Waals surface area contributed by atoms with E-state index >= 15 is 0 Å². The molecule has 1 aliphatic heterocycles. The van der Waals surface area contributed by atoms with Crippen molar-refractivity contribution in [3.8, 4) is 6.07 Å². The lowest BCUT2D eigenvalue weighted by molar-refractivity contribution is -0.158. The quantitative estimate of drug-likeness (QED) is 0.550. The number of aromatic nitrogens is 3. The van der Waals surface area contributed by atoms with Crippen molar-refractivity contribution in [1.82, 2.24) is 14.6 Å². The molecule has 0 amide bonds. The first-order valence-electron chi connectivity index (χ1n) is 10.3. The minimum absolute atomic E-state index is 0.0390. The number of rotatable bonds is 6. The molecule has 3 aromatic rings. The number of esters is 2. The molecule has 3 heterocycles. The third-order valence-corrected chi connectivity index (χ3v) is 5.52. The van der Waals surface area contributed by atoms with Gasteiger partial charge in [0.1, 0.15) is 31.2 Å². The number of nitrogens with zero attached hydrogens (tertiary/aromatic N) is 4. The van der Waals surface area contributed by atoms with Gasteiger partial charge in [-0.25, -0.2) is 9.50 Å². The number of carbonyl (C=O) groups is 2. The highest BCUT2D eigenvalue weighted by atomic mass is 16.6. The number of aliphatic hydroxyl groups excluding tert-OH is 1. The Kier molecular flexibility index (Phi) is 6.09. The molecule has 1 N–H and O–H groups in total. The summed E-state index contributed by atoms with van der Waals surface area (Å²) < 4.78 is 18.0. The molecule has 1 aromatic carbocycles. The van der Waals surface area contributed by atoms with Crippen LogP contribution in [-0.4, -0.2) is 56.6 Å². The zero-order valence-electron chi connectivity index (χ0n) is 18.0. The van der Waals surface area contributed by atoms with Gasteiger partial charge in [0.25, 0.3) is 0 Å². The molecule has 0 bridgehead atoms. The van der Waals surface area contributed by atoms with Crippen LogP contribution >= 0.6 is 0 Å². The van der Waals surface area contributed by atoms with Crippen molar-refractivity contribution in [3.05, 3.63) is 65.7 Å². The molecule has 10 heteroatoms. The molecular formula is C23H22N4O6. The molecule has 1 saturated heterocycles. The predicted octanol–water partition coefficient (Wildman–Crippen LogP) is 1.23. The number of hydrogen-bond acceptors (Lipinski definition) is 9. The minimum atomic E-state index is -1.91. The summed E-state index contributed by atoms with van der Waals surface area (Å²) in [5.74, 6) is -1.19. The van der Waals surface area contributed by atoms with Crippen LogP contribution in [0.1, 0.15) is 23.9 Å². The number of aliphatic hydroxyl groups is 1. The molecule has 1 fully saturated rings. The minimum Gasteiger partial charge on any atom is -0.463 e. The fourth-order valence-electron chi connectivity index (χ4n) is 3.96. The van der Waals surface area contributed by atoms with E-state index in [0.29, 0.717) is 11.2 Å². The first-order valence-corrected chi connectivity index (χ1v) is 10.3. The summed E-state index contributed by atoms with van der Waals surface area (Å²) in [6.45, 7) is 2.64. The van der Waals surface area contributed by atoms with Crippen molar-refractivity contribution in [2.45, 2.75) is 44.2 Å². The van der Waals surface area contributed by atoms with Crippen LogP contribution in [0.25, 0.3) is 5.52 Å². The van der Waals surface area contributed by atoms with Crippen LogP contribution in [0.2, 0.25) is 0 Å². The third kappa shape index (κ3) is 4.16. The van der Waals surface area contributed by atoms with Gasteiger partial charge in [0, 0.05) is 6.92 Å². The van der Waals surface area contributed by atoms with E-state index in [9.17, 15) is 20.0 Å². The summed E-state index contributed by atoms with van der Waals surface area (Å²) in [6.07, 6.45) is -2.50. The first-order chi connectivity index (χ1) is 15.9. The Morgan fingerprint density at radius 2 is 2.03 bits per heavy atom. The van der Waals surface area contributed by atoms with Crippen molar-refractivity contribution in [2.75, 3.05) is 6.61 Å². The van der Waals surface area contributed by atoms with E-state index in [4.69, 9.17) is 14.2 Å². The fraction of sp³-hybridized carbons (Fsp3) is 0.348. The van der Waals surface area contributed by atoms with Gasteiger partial charge in [0.2, 0.25) is 5.60 Å².